The molecule has 9 heteroatoms. The smallest absolute Gasteiger partial charge is 0.378 e. The Morgan fingerprint density at radius 2 is 2.00 bits per heavy atom. The first kappa shape index (κ1) is 19.3. The Morgan fingerprint density at radius 1 is 1.21 bits per heavy atom. The lowest BCUT2D eigenvalue weighted by Gasteiger charge is -2.29. The van der Waals surface area contributed by atoms with Crippen LogP contribution in [-0.4, -0.2) is 42.4 Å². The van der Waals surface area contributed by atoms with Crippen LogP contribution in [0.2, 0.25) is 0 Å². The first-order valence-electron chi connectivity index (χ1n) is 9.16. The Kier molecular flexibility index (Phi) is 5.14. The molecular formula is C20H19F3N4O2. The van der Waals surface area contributed by atoms with Gasteiger partial charge in [0.05, 0.1) is 36.1 Å². The highest BCUT2D eigenvalue weighted by Gasteiger charge is 2.34. The zero-order chi connectivity index (χ0) is 20.4. The minimum Gasteiger partial charge on any atom is -0.378 e. The summed E-state index contributed by atoms with van der Waals surface area (Å²) in [6.07, 6.45) is -2.94. The second kappa shape index (κ2) is 7.75. The van der Waals surface area contributed by atoms with Crippen molar-refractivity contribution in [3.8, 4) is 0 Å². The quantitative estimate of drug-likeness (QED) is 0.700. The predicted molar refractivity (Wildman–Crippen MR) is 102 cm³/mol. The number of nitrogens with one attached hydrogen (secondary N) is 2. The van der Waals surface area contributed by atoms with Gasteiger partial charge in [-0.3, -0.25) is 9.89 Å². The fraction of sp³-hybridized carbons (Fsp3) is 0.300. The summed E-state index contributed by atoms with van der Waals surface area (Å²) in [5.41, 5.74) is 0.640. The molecule has 0 bridgehead atoms. The van der Waals surface area contributed by atoms with E-state index in [9.17, 15) is 18.0 Å². The lowest BCUT2D eigenvalue weighted by Crippen LogP contribution is -2.36. The Bertz CT molecular complexity index is 1030. The molecule has 1 amide bonds. The summed E-state index contributed by atoms with van der Waals surface area (Å²) in [6.45, 7) is 1.82. The summed E-state index contributed by atoms with van der Waals surface area (Å²) in [5, 5.41) is 9.98. The third-order valence-electron chi connectivity index (χ3n) is 4.94. The highest BCUT2D eigenvalue weighted by Crippen LogP contribution is 2.35. The summed E-state index contributed by atoms with van der Waals surface area (Å²) in [7, 11) is 0. The van der Waals surface area contributed by atoms with Gasteiger partial charge in [0.15, 0.2) is 0 Å². The van der Waals surface area contributed by atoms with Gasteiger partial charge in [-0.25, -0.2) is 0 Å². The lowest BCUT2D eigenvalue weighted by atomic mass is 10.0. The first-order valence-corrected chi connectivity index (χ1v) is 9.16. The molecule has 29 heavy (non-hydrogen) atoms. The van der Waals surface area contributed by atoms with Gasteiger partial charge in [0.1, 0.15) is 0 Å². The van der Waals surface area contributed by atoms with Gasteiger partial charge in [0.25, 0.3) is 5.91 Å². The van der Waals surface area contributed by atoms with Gasteiger partial charge in [0.2, 0.25) is 0 Å². The van der Waals surface area contributed by atoms with Crippen LogP contribution in [0.4, 0.5) is 18.9 Å². The summed E-state index contributed by atoms with van der Waals surface area (Å²) < 4.78 is 46.2. The highest BCUT2D eigenvalue weighted by atomic mass is 19.4. The van der Waals surface area contributed by atoms with Crippen molar-refractivity contribution in [2.45, 2.75) is 12.7 Å². The van der Waals surface area contributed by atoms with Gasteiger partial charge in [-0.2, -0.15) is 18.3 Å². The maximum absolute atomic E-state index is 13.6. The number of morpholine rings is 1. The van der Waals surface area contributed by atoms with Crippen LogP contribution in [0.1, 0.15) is 21.5 Å². The van der Waals surface area contributed by atoms with Crippen molar-refractivity contribution in [3.63, 3.8) is 0 Å². The Morgan fingerprint density at radius 3 is 2.76 bits per heavy atom. The average Bonchev–Trinajstić information content (AvgIpc) is 3.21. The largest absolute Gasteiger partial charge is 0.416 e. The SMILES string of the molecule is O=C(NCc1ccc(N2CCOCC2)cc1C(F)(F)F)c1cccc2cn[nH]c12. The number of aromatic amines is 1. The summed E-state index contributed by atoms with van der Waals surface area (Å²) in [5.74, 6) is -0.467. The standard InChI is InChI=1S/C20H19F3N4O2/c21-20(22,23)17-10-15(27-6-8-29-9-7-27)5-4-13(17)11-24-19(28)16-3-1-2-14-12-25-26-18(14)16/h1-5,10,12H,6-9,11H2,(H,24,28)(H,25,26). The van der Waals surface area contributed by atoms with Crippen molar-refractivity contribution in [1.82, 2.24) is 15.5 Å². The van der Waals surface area contributed by atoms with E-state index in [0.29, 0.717) is 43.1 Å². The molecule has 3 aromatic rings. The molecule has 2 N–H and O–H groups in total. The number of hydrogen-bond donors (Lipinski definition) is 2. The van der Waals surface area contributed by atoms with Crippen LogP contribution in [0.25, 0.3) is 10.9 Å². The van der Waals surface area contributed by atoms with Crippen molar-refractivity contribution in [1.29, 1.82) is 0 Å². The van der Waals surface area contributed by atoms with Crippen molar-refractivity contribution in [2.75, 3.05) is 31.2 Å². The number of para-hydroxylation sites is 1. The number of alkyl halides is 3. The molecular weight excluding hydrogens is 385 g/mol. The maximum atomic E-state index is 13.6. The number of nitrogens with zero attached hydrogens (tertiary/aromatic N) is 2. The van der Waals surface area contributed by atoms with Crippen molar-refractivity contribution in [3.05, 3.63) is 59.3 Å². The van der Waals surface area contributed by atoms with Crippen molar-refractivity contribution >= 4 is 22.5 Å². The minimum absolute atomic E-state index is 0.0136. The summed E-state index contributed by atoms with van der Waals surface area (Å²) in [4.78, 5) is 14.4. The van der Waals surface area contributed by atoms with Gasteiger partial charge in [0, 0.05) is 30.7 Å². The van der Waals surface area contributed by atoms with Crippen LogP contribution >= 0.6 is 0 Å². The fourth-order valence-corrected chi connectivity index (χ4v) is 3.43. The van der Waals surface area contributed by atoms with Crippen LogP contribution in [0, 0.1) is 0 Å². The number of H-pyrrole nitrogens is 1. The number of benzene rings is 2. The third-order valence-corrected chi connectivity index (χ3v) is 4.94. The number of carbonyl (C=O) groups excluding carboxylic acids is 1. The van der Waals surface area contributed by atoms with Gasteiger partial charge in [-0.05, 0) is 23.8 Å². The van der Waals surface area contributed by atoms with Crippen LogP contribution in [0.5, 0.6) is 0 Å². The number of aromatic nitrogens is 2. The number of rotatable bonds is 4. The molecule has 2 aromatic carbocycles. The van der Waals surface area contributed by atoms with E-state index in [-0.39, 0.29) is 12.1 Å². The molecule has 0 spiro atoms. The van der Waals surface area contributed by atoms with Gasteiger partial charge in [-0.15, -0.1) is 0 Å². The topological polar surface area (TPSA) is 70.2 Å². The Hall–Kier alpha value is -3.07. The molecule has 0 unspecified atom stereocenters. The first-order chi connectivity index (χ1) is 13.9. The van der Waals surface area contributed by atoms with E-state index in [1.165, 1.54) is 6.07 Å². The monoisotopic (exact) mass is 404 g/mol. The molecule has 1 saturated heterocycles. The van der Waals surface area contributed by atoms with E-state index in [1.54, 1.807) is 30.5 Å². The highest BCUT2D eigenvalue weighted by molar-refractivity contribution is 6.05. The van der Waals surface area contributed by atoms with Gasteiger partial charge in [-0.1, -0.05) is 18.2 Å². The number of halogens is 3. The zero-order valence-electron chi connectivity index (χ0n) is 15.4. The summed E-state index contributed by atoms with van der Waals surface area (Å²) in [6, 6.07) is 9.31. The van der Waals surface area contributed by atoms with E-state index < -0.39 is 17.6 Å². The normalized spacial score (nSPS) is 14.9. The molecule has 1 fully saturated rings. The van der Waals surface area contributed by atoms with Crippen LogP contribution in [-0.2, 0) is 17.5 Å². The molecule has 152 valence electrons. The zero-order valence-corrected chi connectivity index (χ0v) is 15.4. The molecule has 1 aliphatic heterocycles. The molecule has 2 heterocycles. The van der Waals surface area contributed by atoms with E-state index in [2.05, 4.69) is 15.5 Å². The Balaban J connectivity index is 1.56. The summed E-state index contributed by atoms with van der Waals surface area (Å²) >= 11 is 0. The van der Waals surface area contributed by atoms with Crippen LogP contribution in [0.15, 0.2) is 42.6 Å². The number of anilines is 1. The Labute approximate surface area is 164 Å². The average molecular weight is 404 g/mol. The molecule has 0 radical (unpaired) electrons. The number of ether oxygens (including phenoxy) is 1. The van der Waals surface area contributed by atoms with Gasteiger partial charge >= 0.3 is 6.18 Å². The number of amides is 1. The van der Waals surface area contributed by atoms with Crippen molar-refractivity contribution < 1.29 is 22.7 Å². The molecule has 1 aromatic heterocycles. The number of carbonyl (C=O) groups is 1. The number of fused-ring (bicyclic) bond motifs is 1. The second-order valence-corrected chi connectivity index (χ2v) is 6.76. The maximum Gasteiger partial charge on any atom is 0.416 e. The van der Waals surface area contributed by atoms with E-state index >= 15 is 0 Å². The van der Waals surface area contributed by atoms with Crippen LogP contribution in [0.3, 0.4) is 0 Å². The van der Waals surface area contributed by atoms with Crippen molar-refractivity contribution in [2.24, 2.45) is 0 Å². The second-order valence-electron chi connectivity index (χ2n) is 6.76. The van der Waals surface area contributed by atoms with E-state index in [1.807, 2.05) is 4.90 Å². The molecule has 6 nitrogen and oxygen atoms in total. The molecule has 0 saturated carbocycles. The fourth-order valence-electron chi connectivity index (χ4n) is 3.43. The van der Waals surface area contributed by atoms with Crippen LogP contribution < -0.4 is 10.2 Å². The number of hydrogen-bond acceptors (Lipinski definition) is 4. The van der Waals surface area contributed by atoms with Gasteiger partial charge < -0.3 is 15.0 Å². The van der Waals surface area contributed by atoms with E-state index in [4.69, 9.17) is 4.74 Å². The molecule has 0 atom stereocenters. The lowest BCUT2D eigenvalue weighted by molar-refractivity contribution is -0.138. The van der Waals surface area contributed by atoms with E-state index in [0.717, 1.165) is 11.5 Å². The molecule has 4 rings (SSSR count). The third kappa shape index (κ3) is 4.04. The predicted octanol–water partition coefficient (Wildman–Crippen LogP) is 3.35. The molecule has 0 aliphatic carbocycles. The molecule has 1 aliphatic rings. The minimum atomic E-state index is -4.52.